The highest BCUT2D eigenvalue weighted by atomic mass is 79.9. The molecule has 0 aromatic carbocycles. The van der Waals surface area contributed by atoms with Crippen molar-refractivity contribution < 1.29 is 14.6 Å². The normalized spacial score (nSPS) is 15.1. The molecular weight excluding hydrogens is 248 g/mol. The highest BCUT2D eigenvalue weighted by molar-refractivity contribution is 9.11. The zero-order chi connectivity index (χ0) is 11.0. The summed E-state index contributed by atoms with van der Waals surface area (Å²) in [6.07, 6.45) is 2.00. The molecule has 0 aromatic heterocycles. The van der Waals surface area contributed by atoms with E-state index in [1.807, 2.05) is 0 Å². The molecule has 2 atom stereocenters. The zero-order valence-corrected chi connectivity index (χ0v) is 10.4. The van der Waals surface area contributed by atoms with Crippen LogP contribution in [0.15, 0.2) is 11.1 Å². The van der Waals surface area contributed by atoms with E-state index in [-0.39, 0.29) is 12.9 Å². The molecule has 0 spiro atoms. The largest absolute Gasteiger partial charge is 0.385 e. The van der Waals surface area contributed by atoms with Crippen LogP contribution < -0.4 is 0 Å². The lowest BCUT2D eigenvalue weighted by Crippen LogP contribution is -2.29. The summed E-state index contributed by atoms with van der Waals surface area (Å²) in [5.41, 5.74) is 0. The maximum Gasteiger partial charge on any atom is 0.146 e. The number of halogens is 1. The van der Waals surface area contributed by atoms with Crippen LogP contribution in [0.2, 0.25) is 0 Å². The van der Waals surface area contributed by atoms with Gasteiger partial charge in [-0.1, -0.05) is 42.3 Å². The van der Waals surface area contributed by atoms with Gasteiger partial charge < -0.3 is 14.6 Å². The molecule has 0 radical (unpaired) electrons. The van der Waals surface area contributed by atoms with Crippen molar-refractivity contribution in [3.8, 4) is 0 Å². The van der Waals surface area contributed by atoms with Crippen LogP contribution in [-0.2, 0) is 9.47 Å². The molecule has 0 fully saturated rings. The lowest BCUT2D eigenvalue weighted by atomic mass is 10.1. The van der Waals surface area contributed by atoms with Crippen molar-refractivity contribution in [2.24, 2.45) is 0 Å². The topological polar surface area (TPSA) is 38.7 Å². The maximum atomic E-state index is 9.71. The van der Waals surface area contributed by atoms with Gasteiger partial charge in [-0.15, -0.1) is 0 Å². The molecule has 0 aliphatic rings. The van der Waals surface area contributed by atoms with E-state index >= 15 is 0 Å². The number of ether oxygens (including phenoxy) is 2. The first-order chi connectivity index (χ1) is 6.63. The third-order valence-corrected chi connectivity index (χ3v) is 2.38. The molecule has 0 heterocycles. The number of aliphatic hydroxyl groups is 1. The summed E-state index contributed by atoms with van der Waals surface area (Å²) in [6.45, 7) is 5.94. The van der Waals surface area contributed by atoms with Crippen LogP contribution in [0.3, 0.4) is 0 Å². The average Bonchev–Trinajstić information content (AvgIpc) is 2.17. The van der Waals surface area contributed by atoms with Crippen molar-refractivity contribution >= 4 is 15.9 Å². The number of hydrogen-bond donors (Lipinski definition) is 1. The molecule has 0 amide bonds. The molecule has 0 aliphatic carbocycles. The minimum atomic E-state index is -0.670. The average molecular weight is 267 g/mol. The van der Waals surface area contributed by atoms with Crippen molar-refractivity contribution in [3.05, 3.63) is 11.1 Å². The van der Waals surface area contributed by atoms with Gasteiger partial charge in [-0.25, -0.2) is 0 Å². The van der Waals surface area contributed by atoms with Crippen molar-refractivity contribution in [3.63, 3.8) is 0 Å². The zero-order valence-electron chi connectivity index (χ0n) is 8.83. The molecular formula is C10H19BrO3. The van der Waals surface area contributed by atoms with E-state index in [1.54, 1.807) is 7.11 Å². The first-order valence-electron chi connectivity index (χ1n) is 4.76. The fourth-order valence-electron chi connectivity index (χ4n) is 1.09. The van der Waals surface area contributed by atoms with Crippen molar-refractivity contribution in [1.82, 2.24) is 0 Å². The van der Waals surface area contributed by atoms with Gasteiger partial charge in [0, 0.05) is 11.6 Å². The lowest BCUT2D eigenvalue weighted by molar-refractivity contribution is -0.105. The number of methoxy groups -OCH3 is 1. The predicted molar refractivity (Wildman–Crippen MR) is 60.3 cm³/mol. The second-order valence-corrected chi connectivity index (χ2v) is 4.16. The first kappa shape index (κ1) is 14.1. The predicted octanol–water partition coefficient (Wildman–Crippen LogP) is 2.44. The van der Waals surface area contributed by atoms with E-state index in [9.17, 15) is 5.11 Å². The monoisotopic (exact) mass is 266 g/mol. The van der Waals surface area contributed by atoms with Crippen LogP contribution >= 0.6 is 15.9 Å². The molecule has 4 heteroatoms. The Morgan fingerprint density at radius 3 is 2.64 bits per heavy atom. The highest BCUT2D eigenvalue weighted by Gasteiger charge is 2.20. The summed E-state index contributed by atoms with van der Waals surface area (Å²) in [4.78, 5) is 0. The van der Waals surface area contributed by atoms with Gasteiger partial charge in [0.15, 0.2) is 0 Å². The molecule has 1 N–H and O–H groups in total. The number of unbranched alkanes of at least 4 members (excludes halogenated alkanes) is 1. The molecule has 0 saturated heterocycles. The minimum Gasteiger partial charge on any atom is -0.385 e. The van der Waals surface area contributed by atoms with E-state index in [1.165, 1.54) is 0 Å². The Morgan fingerprint density at radius 1 is 1.57 bits per heavy atom. The summed E-state index contributed by atoms with van der Waals surface area (Å²) >= 11 is 3.16. The fourth-order valence-corrected chi connectivity index (χ4v) is 1.39. The summed E-state index contributed by atoms with van der Waals surface area (Å²) in [6, 6.07) is 0. The van der Waals surface area contributed by atoms with Gasteiger partial charge in [-0.3, -0.25) is 0 Å². The highest BCUT2D eigenvalue weighted by Crippen LogP contribution is 2.18. The van der Waals surface area contributed by atoms with E-state index in [2.05, 4.69) is 29.4 Å². The number of rotatable bonds is 8. The Kier molecular flexibility index (Phi) is 8.47. The smallest absolute Gasteiger partial charge is 0.146 e. The van der Waals surface area contributed by atoms with Gasteiger partial charge in [0.05, 0.1) is 6.10 Å². The Hall–Kier alpha value is 0.1000. The molecule has 0 aliphatic heterocycles. The summed E-state index contributed by atoms with van der Waals surface area (Å²) in [7, 11) is 1.56. The molecule has 0 rings (SSSR count). The van der Waals surface area contributed by atoms with Crippen LogP contribution in [0, 0.1) is 0 Å². The molecule has 0 saturated carbocycles. The molecule has 84 valence electrons. The van der Waals surface area contributed by atoms with Crippen LogP contribution in [-0.4, -0.2) is 31.2 Å². The molecule has 0 unspecified atom stereocenters. The van der Waals surface area contributed by atoms with E-state index in [0.29, 0.717) is 4.48 Å². The van der Waals surface area contributed by atoms with Gasteiger partial charge in [0.2, 0.25) is 0 Å². The SMILES string of the molecule is C=C(Br)[C@@H](O)[C@H](CCCC)OCOC. The summed E-state index contributed by atoms with van der Waals surface area (Å²) in [5, 5.41) is 9.71. The third kappa shape index (κ3) is 5.75. The van der Waals surface area contributed by atoms with Gasteiger partial charge in [-0.2, -0.15) is 0 Å². The van der Waals surface area contributed by atoms with Crippen molar-refractivity contribution in [1.29, 1.82) is 0 Å². The van der Waals surface area contributed by atoms with E-state index in [0.717, 1.165) is 19.3 Å². The molecule has 0 bridgehead atoms. The Morgan fingerprint density at radius 2 is 2.21 bits per heavy atom. The molecule has 0 aromatic rings. The van der Waals surface area contributed by atoms with Crippen LogP contribution in [0.4, 0.5) is 0 Å². The Bertz CT molecular complexity index is 153. The molecule has 3 nitrogen and oxygen atoms in total. The minimum absolute atomic E-state index is 0.200. The second kappa shape index (κ2) is 8.41. The van der Waals surface area contributed by atoms with Crippen LogP contribution in [0.1, 0.15) is 26.2 Å². The van der Waals surface area contributed by atoms with Crippen molar-refractivity contribution in [2.75, 3.05) is 13.9 Å². The summed E-state index contributed by atoms with van der Waals surface area (Å²) < 4.78 is 10.7. The van der Waals surface area contributed by atoms with Gasteiger partial charge in [0.25, 0.3) is 0 Å². The van der Waals surface area contributed by atoms with Crippen LogP contribution in [0.25, 0.3) is 0 Å². The fraction of sp³-hybridized carbons (Fsp3) is 0.800. The standard InChI is InChI=1S/C10H19BrO3/c1-4-5-6-9(14-7-13-3)10(12)8(2)11/h9-10,12H,2,4-7H2,1,3H3/t9-,10+/m0/s1. The van der Waals surface area contributed by atoms with E-state index in [4.69, 9.17) is 9.47 Å². The Balaban J connectivity index is 4.01. The lowest BCUT2D eigenvalue weighted by Gasteiger charge is -2.22. The van der Waals surface area contributed by atoms with Gasteiger partial charge in [-0.05, 0) is 6.42 Å². The Labute approximate surface area is 94.2 Å². The van der Waals surface area contributed by atoms with Crippen LogP contribution in [0.5, 0.6) is 0 Å². The number of hydrogen-bond acceptors (Lipinski definition) is 3. The third-order valence-electron chi connectivity index (χ3n) is 1.92. The van der Waals surface area contributed by atoms with Crippen molar-refractivity contribution in [2.45, 2.75) is 38.4 Å². The van der Waals surface area contributed by atoms with Gasteiger partial charge >= 0.3 is 0 Å². The first-order valence-corrected chi connectivity index (χ1v) is 5.55. The molecule has 14 heavy (non-hydrogen) atoms. The second-order valence-electron chi connectivity index (χ2n) is 3.15. The quantitative estimate of drug-likeness (QED) is 0.686. The number of aliphatic hydroxyl groups excluding tert-OH is 1. The maximum absolute atomic E-state index is 9.71. The summed E-state index contributed by atoms with van der Waals surface area (Å²) in [5.74, 6) is 0. The van der Waals surface area contributed by atoms with E-state index < -0.39 is 6.10 Å². The van der Waals surface area contributed by atoms with Gasteiger partial charge in [0.1, 0.15) is 12.9 Å².